The van der Waals surface area contributed by atoms with E-state index in [1.165, 1.54) is 18.6 Å². The molecule has 0 bridgehead atoms. The van der Waals surface area contributed by atoms with Crippen molar-refractivity contribution in [3.05, 3.63) is 29.8 Å². The van der Waals surface area contributed by atoms with Gasteiger partial charge in [-0.1, -0.05) is 6.42 Å². The van der Waals surface area contributed by atoms with Gasteiger partial charge in [-0.15, -0.1) is 11.6 Å². The first kappa shape index (κ1) is 14.5. The van der Waals surface area contributed by atoms with Crippen molar-refractivity contribution in [1.29, 1.82) is 0 Å². The summed E-state index contributed by atoms with van der Waals surface area (Å²) in [7, 11) is 0. The zero-order chi connectivity index (χ0) is 13.9. The maximum Gasteiger partial charge on any atom is 0.416 e. The smallest absolute Gasteiger partial charge is 0.385 e. The van der Waals surface area contributed by atoms with Gasteiger partial charge in [0, 0.05) is 18.1 Å². The minimum absolute atomic E-state index is 0.528. The van der Waals surface area contributed by atoms with Crippen molar-refractivity contribution >= 4 is 17.3 Å². The lowest BCUT2D eigenvalue weighted by Gasteiger charge is -2.18. The molecule has 1 aromatic rings. The van der Waals surface area contributed by atoms with Gasteiger partial charge in [0.25, 0.3) is 0 Å². The molecule has 2 atom stereocenters. The van der Waals surface area contributed by atoms with Crippen LogP contribution in [0.4, 0.5) is 18.9 Å². The summed E-state index contributed by atoms with van der Waals surface area (Å²) < 4.78 is 37.2. The van der Waals surface area contributed by atoms with E-state index in [9.17, 15) is 13.2 Å². The van der Waals surface area contributed by atoms with Crippen molar-refractivity contribution in [3.63, 3.8) is 0 Å². The molecule has 0 spiro atoms. The van der Waals surface area contributed by atoms with E-state index in [1.54, 1.807) is 0 Å². The second-order valence-corrected chi connectivity index (χ2v) is 5.37. The lowest BCUT2D eigenvalue weighted by atomic mass is 9.98. The average Bonchev–Trinajstić information content (AvgIpc) is 2.83. The molecule has 2 unspecified atom stereocenters. The fraction of sp³-hybridized carbons (Fsp3) is 0.571. The molecule has 0 heterocycles. The Morgan fingerprint density at radius 1 is 1.11 bits per heavy atom. The van der Waals surface area contributed by atoms with E-state index >= 15 is 0 Å². The third-order valence-electron chi connectivity index (χ3n) is 3.80. The molecule has 0 aromatic heterocycles. The van der Waals surface area contributed by atoms with Gasteiger partial charge in [-0.05, 0) is 48.9 Å². The SMILES string of the molecule is FC(F)(F)c1ccc(NCC2CCCC2CCl)cc1. The van der Waals surface area contributed by atoms with Crippen LogP contribution in [0, 0.1) is 11.8 Å². The van der Waals surface area contributed by atoms with Crippen LogP contribution in [0.3, 0.4) is 0 Å². The minimum Gasteiger partial charge on any atom is -0.385 e. The van der Waals surface area contributed by atoms with E-state index in [2.05, 4.69) is 5.32 Å². The largest absolute Gasteiger partial charge is 0.416 e. The zero-order valence-corrected chi connectivity index (χ0v) is 11.3. The molecule has 106 valence electrons. The fourth-order valence-corrected chi connectivity index (χ4v) is 3.02. The van der Waals surface area contributed by atoms with E-state index in [1.807, 2.05) is 0 Å². The van der Waals surface area contributed by atoms with Gasteiger partial charge in [-0.3, -0.25) is 0 Å². The molecule has 1 aliphatic carbocycles. The van der Waals surface area contributed by atoms with Gasteiger partial charge in [0.2, 0.25) is 0 Å². The number of nitrogens with one attached hydrogen (secondary N) is 1. The normalized spacial score (nSPS) is 23.6. The predicted octanol–water partition coefficient (Wildman–Crippen LogP) is 4.77. The van der Waals surface area contributed by atoms with Crippen LogP contribution in [0.1, 0.15) is 24.8 Å². The Kier molecular flexibility index (Phi) is 4.61. The Balaban J connectivity index is 1.90. The molecule has 0 amide bonds. The first-order valence-corrected chi connectivity index (χ1v) is 7.01. The zero-order valence-electron chi connectivity index (χ0n) is 10.5. The van der Waals surface area contributed by atoms with Gasteiger partial charge in [-0.2, -0.15) is 13.2 Å². The predicted molar refractivity (Wildman–Crippen MR) is 71.5 cm³/mol. The van der Waals surface area contributed by atoms with Crippen LogP contribution < -0.4 is 5.32 Å². The lowest BCUT2D eigenvalue weighted by molar-refractivity contribution is -0.137. The number of rotatable bonds is 4. The molecule has 1 saturated carbocycles. The van der Waals surface area contributed by atoms with Crippen LogP contribution in [0.5, 0.6) is 0 Å². The van der Waals surface area contributed by atoms with E-state index in [0.29, 0.717) is 17.7 Å². The summed E-state index contributed by atoms with van der Waals surface area (Å²) in [5.41, 5.74) is 0.116. The van der Waals surface area contributed by atoms with Crippen LogP contribution in [0.15, 0.2) is 24.3 Å². The van der Waals surface area contributed by atoms with Crippen molar-refractivity contribution < 1.29 is 13.2 Å². The van der Waals surface area contributed by atoms with Crippen molar-refractivity contribution in [1.82, 2.24) is 0 Å². The van der Waals surface area contributed by atoms with Crippen molar-refractivity contribution in [2.24, 2.45) is 11.8 Å². The average molecular weight is 292 g/mol. The fourth-order valence-electron chi connectivity index (χ4n) is 2.61. The summed E-state index contributed by atoms with van der Waals surface area (Å²) in [4.78, 5) is 0. The second-order valence-electron chi connectivity index (χ2n) is 5.06. The number of halogens is 4. The van der Waals surface area contributed by atoms with Crippen LogP contribution in [-0.4, -0.2) is 12.4 Å². The number of hydrogen-bond donors (Lipinski definition) is 1. The van der Waals surface area contributed by atoms with E-state index in [-0.39, 0.29) is 0 Å². The molecule has 1 aromatic carbocycles. The van der Waals surface area contributed by atoms with Gasteiger partial charge >= 0.3 is 6.18 Å². The molecule has 1 N–H and O–H groups in total. The Hall–Kier alpha value is -0.900. The Morgan fingerprint density at radius 3 is 2.32 bits per heavy atom. The highest BCUT2D eigenvalue weighted by Crippen LogP contribution is 2.33. The molecule has 5 heteroatoms. The summed E-state index contributed by atoms with van der Waals surface area (Å²) in [6.45, 7) is 0.781. The molecule has 19 heavy (non-hydrogen) atoms. The van der Waals surface area contributed by atoms with Crippen molar-refractivity contribution in [3.8, 4) is 0 Å². The lowest BCUT2D eigenvalue weighted by Crippen LogP contribution is -2.19. The topological polar surface area (TPSA) is 12.0 Å². The molecular weight excluding hydrogens is 275 g/mol. The van der Waals surface area contributed by atoms with Crippen LogP contribution in [0.2, 0.25) is 0 Å². The van der Waals surface area contributed by atoms with E-state index < -0.39 is 11.7 Å². The van der Waals surface area contributed by atoms with Crippen molar-refractivity contribution in [2.75, 3.05) is 17.7 Å². The van der Waals surface area contributed by atoms with Crippen LogP contribution in [0.25, 0.3) is 0 Å². The number of alkyl halides is 4. The molecule has 0 radical (unpaired) electrons. The monoisotopic (exact) mass is 291 g/mol. The molecule has 0 saturated heterocycles. The highest BCUT2D eigenvalue weighted by atomic mass is 35.5. The first-order chi connectivity index (χ1) is 9.00. The van der Waals surface area contributed by atoms with Gasteiger partial charge in [0.15, 0.2) is 0 Å². The quantitative estimate of drug-likeness (QED) is 0.788. The van der Waals surface area contributed by atoms with E-state index in [4.69, 9.17) is 11.6 Å². The maximum absolute atomic E-state index is 12.4. The third kappa shape index (κ3) is 3.78. The first-order valence-electron chi connectivity index (χ1n) is 6.48. The van der Waals surface area contributed by atoms with Crippen LogP contribution >= 0.6 is 11.6 Å². The van der Waals surface area contributed by atoms with E-state index in [0.717, 1.165) is 37.2 Å². The van der Waals surface area contributed by atoms with Gasteiger partial charge in [0.1, 0.15) is 0 Å². The molecule has 1 nitrogen and oxygen atoms in total. The molecule has 0 aliphatic heterocycles. The Labute approximate surface area is 116 Å². The molecular formula is C14H17ClF3N. The maximum atomic E-state index is 12.4. The van der Waals surface area contributed by atoms with Crippen molar-refractivity contribution in [2.45, 2.75) is 25.4 Å². The Morgan fingerprint density at radius 2 is 1.74 bits per heavy atom. The summed E-state index contributed by atoms with van der Waals surface area (Å²) >= 11 is 5.90. The molecule has 1 fully saturated rings. The molecule has 1 aliphatic rings. The van der Waals surface area contributed by atoms with Crippen LogP contribution in [-0.2, 0) is 6.18 Å². The standard InChI is InChI=1S/C14H17ClF3N/c15-8-10-2-1-3-11(10)9-19-13-6-4-12(5-7-13)14(16,17)18/h4-7,10-11,19H,1-3,8-9H2. The summed E-state index contributed by atoms with van der Waals surface area (Å²) in [5.74, 6) is 1.72. The number of anilines is 1. The van der Waals surface area contributed by atoms with Gasteiger partial charge in [0.05, 0.1) is 5.56 Å². The second kappa shape index (κ2) is 6.04. The number of benzene rings is 1. The molecule has 2 rings (SSSR count). The summed E-state index contributed by atoms with van der Waals surface area (Å²) in [5, 5.41) is 3.20. The highest BCUT2D eigenvalue weighted by Gasteiger charge is 2.30. The third-order valence-corrected chi connectivity index (χ3v) is 4.19. The summed E-state index contributed by atoms with van der Waals surface area (Å²) in [6, 6.07) is 5.17. The van der Waals surface area contributed by atoms with Gasteiger partial charge < -0.3 is 5.32 Å². The summed E-state index contributed by atoms with van der Waals surface area (Å²) in [6.07, 6.45) is -0.779. The highest BCUT2D eigenvalue weighted by molar-refractivity contribution is 6.18. The number of hydrogen-bond acceptors (Lipinski definition) is 1. The Bertz CT molecular complexity index is 402. The minimum atomic E-state index is -4.27. The van der Waals surface area contributed by atoms with Gasteiger partial charge in [-0.25, -0.2) is 0 Å².